The quantitative estimate of drug-likeness (QED) is 0.290. The van der Waals surface area contributed by atoms with Gasteiger partial charge in [0.05, 0.1) is 11.7 Å². The standard InChI is InChI=1S/C42H40N2/c1-29-13-21-35(22-14-29)43(33-9-5-3-6-10-33)39-27-19-31-18-26-38-40(28-20-32-17-25-37(39)41(31)42(32)38)44(34-11-7-4-8-12-34)36-23-15-30(2)16-24-36/h3-7,9-11,13,15,17-30,38,40H,8,12,14,16H2,1-2H3. The molecule has 3 aromatic carbocycles. The largest absolute Gasteiger partial charge is 0.338 e. The molecule has 0 heterocycles. The third kappa shape index (κ3) is 4.65. The maximum atomic E-state index is 2.64. The first-order valence-electron chi connectivity index (χ1n) is 16.4. The van der Waals surface area contributed by atoms with E-state index >= 15 is 0 Å². The van der Waals surface area contributed by atoms with Crippen molar-refractivity contribution in [1.29, 1.82) is 0 Å². The van der Waals surface area contributed by atoms with Gasteiger partial charge in [-0.3, -0.25) is 0 Å². The van der Waals surface area contributed by atoms with Crippen LogP contribution in [0.4, 0.5) is 11.4 Å². The molecule has 4 atom stereocenters. The van der Waals surface area contributed by atoms with Gasteiger partial charge < -0.3 is 9.80 Å². The summed E-state index contributed by atoms with van der Waals surface area (Å²) in [7, 11) is 0. The summed E-state index contributed by atoms with van der Waals surface area (Å²) in [6, 6.07) is 20.5. The predicted octanol–water partition coefficient (Wildman–Crippen LogP) is 11.0. The fourth-order valence-electron chi connectivity index (χ4n) is 7.60. The highest BCUT2D eigenvalue weighted by atomic mass is 15.2. The average molecular weight is 573 g/mol. The number of hydrogen-bond acceptors (Lipinski definition) is 2. The van der Waals surface area contributed by atoms with Crippen LogP contribution in [0.5, 0.6) is 0 Å². The molecular formula is C42H40N2. The molecule has 0 aromatic heterocycles. The zero-order valence-electron chi connectivity index (χ0n) is 25.7. The van der Waals surface area contributed by atoms with Crippen LogP contribution >= 0.6 is 0 Å². The van der Waals surface area contributed by atoms with Crippen molar-refractivity contribution >= 4 is 34.3 Å². The molecule has 4 unspecified atom stereocenters. The molecule has 2 heteroatoms. The van der Waals surface area contributed by atoms with Crippen molar-refractivity contribution in [3.63, 3.8) is 0 Å². The lowest BCUT2D eigenvalue weighted by Crippen LogP contribution is -2.39. The topological polar surface area (TPSA) is 6.48 Å². The molecule has 0 N–H and O–H groups in total. The summed E-state index contributed by atoms with van der Waals surface area (Å²) in [5.41, 5.74) is 10.6. The van der Waals surface area contributed by atoms with Crippen molar-refractivity contribution in [3.05, 3.63) is 155 Å². The van der Waals surface area contributed by atoms with Crippen molar-refractivity contribution < 1.29 is 0 Å². The fraction of sp³-hybridized carbons (Fsp3) is 0.238. The molecule has 0 amide bonds. The Hall–Kier alpha value is -4.56. The molecule has 3 aromatic rings. The van der Waals surface area contributed by atoms with Crippen molar-refractivity contribution in [2.24, 2.45) is 11.8 Å². The Morgan fingerprint density at radius 1 is 0.705 bits per heavy atom. The minimum Gasteiger partial charge on any atom is -0.338 e. The van der Waals surface area contributed by atoms with Gasteiger partial charge >= 0.3 is 0 Å². The van der Waals surface area contributed by atoms with E-state index in [9.17, 15) is 0 Å². The van der Waals surface area contributed by atoms with E-state index in [0.29, 0.717) is 11.8 Å². The van der Waals surface area contributed by atoms with Gasteiger partial charge in [0.25, 0.3) is 0 Å². The molecule has 0 spiro atoms. The molecule has 44 heavy (non-hydrogen) atoms. The molecule has 0 saturated carbocycles. The molecular weight excluding hydrogens is 532 g/mol. The van der Waals surface area contributed by atoms with Gasteiger partial charge in [-0.25, -0.2) is 0 Å². The highest BCUT2D eigenvalue weighted by Gasteiger charge is 2.35. The van der Waals surface area contributed by atoms with Crippen LogP contribution in [0.25, 0.3) is 22.9 Å². The summed E-state index contributed by atoms with van der Waals surface area (Å²) >= 11 is 0. The normalized spacial score (nSPS) is 24.6. The van der Waals surface area contributed by atoms with Crippen LogP contribution < -0.4 is 4.90 Å². The number of anilines is 2. The summed E-state index contributed by atoms with van der Waals surface area (Å²) in [6.07, 6.45) is 35.1. The van der Waals surface area contributed by atoms with E-state index in [2.05, 4.69) is 157 Å². The second kappa shape index (κ2) is 11.2. The Bertz CT molecular complexity index is 1860. The second-order valence-corrected chi connectivity index (χ2v) is 13.0. The van der Waals surface area contributed by atoms with Gasteiger partial charge in [-0.05, 0) is 96.0 Å². The summed E-state index contributed by atoms with van der Waals surface area (Å²) in [6.45, 7) is 4.60. The Morgan fingerprint density at radius 2 is 1.45 bits per heavy atom. The van der Waals surface area contributed by atoms with Crippen LogP contribution in [0.1, 0.15) is 62.1 Å². The third-order valence-electron chi connectivity index (χ3n) is 9.90. The smallest absolute Gasteiger partial charge is 0.0626 e. The molecule has 2 nitrogen and oxygen atoms in total. The van der Waals surface area contributed by atoms with E-state index < -0.39 is 0 Å². The number of para-hydroxylation sites is 1. The van der Waals surface area contributed by atoms with Gasteiger partial charge in [0.2, 0.25) is 0 Å². The summed E-state index contributed by atoms with van der Waals surface area (Å²) in [4.78, 5) is 5.10. The van der Waals surface area contributed by atoms with Crippen LogP contribution in [0.15, 0.2) is 139 Å². The first-order chi connectivity index (χ1) is 21.7. The van der Waals surface area contributed by atoms with Gasteiger partial charge in [-0.15, -0.1) is 0 Å². The van der Waals surface area contributed by atoms with E-state index in [1.54, 1.807) is 0 Å². The van der Waals surface area contributed by atoms with E-state index in [4.69, 9.17) is 0 Å². The first kappa shape index (κ1) is 27.0. The summed E-state index contributed by atoms with van der Waals surface area (Å²) in [5, 5.41) is 2.72. The van der Waals surface area contributed by atoms with E-state index in [0.717, 1.165) is 25.7 Å². The zero-order chi connectivity index (χ0) is 29.6. The molecule has 5 aliphatic carbocycles. The van der Waals surface area contributed by atoms with Gasteiger partial charge in [0.15, 0.2) is 0 Å². The van der Waals surface area contributed by atoms with Crippen LogP contribution in [0.3, 0.4) is 0 Å². The van der Waals surface area contributed by atoms with Crippen LogP contribution in [-0.2, 0) is 0 Å². The molecule has 0 radical (unpaired) electrons. The van der Waals surface area contributed by atoms with Crippen molar-refractivity contribution in [3.8, 4) is 0 Å². The lowest BCUT2D eigenvalue weighted by atomic mass is 9.75. The monoisotopic (exact) mass is 572 g/mol. The fourth-order valence-corrected chi connectivity index (χ4v) is 7.60. The molecule has 8 rings (SSSR count). The highest BCUT2D eigenvalue weighted by molar-refractivity contribution is 6.06. The van der Waals surface area contributed by atoms with Gasteiger partial charge in [-0.1, -0.05) is 111 Å². The number of nitrogens with zero attached hydrogens (tertiary/aromatic N) is 2. The van der Waals surface area contributed by atoms with Crippen LogP contribution in [-0.4, -0.2) is 10.9 Å². The Labute approximate surface area is 262 Å². The predicted molar refractivity (Wildman–Crippen MR) is 187 cm³/mol. The lowest BCUT2D eigenvalue weighted by molar-refractivity contribution is 0.333. The number of hydrogen-bond donors (Lipinski definition) is 0. The van der Waals surface area contributed by atoms with Gasteiger partial charge in [0, 0.05) is 34.1 Å². The average Bonchev–Trinajstić information content (AvgIpc) is 3.07. The minimum atomic E-state index is 0.221. The number of benzene rings is 3. The second-order valence-electron chi connectivity index (χ2n) is 13.0. The SMILES string of the molecule is CC1C=CC(N(c2ccccc2)c2ccc3c4c5c(ccc24)C=CC(N(C2=CCC(C)C=C2)C2=CC=CCC2)C5C=C3)=CC1. The first-order valence-corrected chi connectivity index (χ1v) is 16.4. The van der Waals surface area contributed by atoms with Gasteiger partial charge in [0.1, 0.15) is 0 Å². The minimum absolute atomic E-state index is 0.221. The van der Waals surface area contributed by atoms with Gasteiger partial charge in [-0.2, -0.15) is 0 Å². The Balaban J connectivity index is 1.28. The Morgan fingerprint density at radius 3 is 2.18 bits per heavy atom. The summed E-state index contributed by atoms with van der Waals surface area (Å²) < 4.78 is 0. The third-order valence-corrected chi connectivity index (χ3v) is 9.90. The Kier molecular flexibility index (Phi) is 6.86. The van der Waals surface area contributed by atoms with E-state index in [1.807, 2.05) is 0 Å². The molecule has 0 fully saturated rings. The lowest BCUT2D eigenvalue weighted by Gasteiger charge is -2.43. The highest BCUT2D eigenvalue weighted by Crippen LogP contribution is 2.48. The van der Waals surface area contributed by atoms with E-state index in [-0.39, 0.29) is 12.0 Å². The van der Waals surface area contributed by atoms with Crippen LogP contribution in [0.2, 0.25) is 0 Å². The molecule has 5 aliphatic rings. The molecule has 0 saturated heterocycles. The number of rotatable bonds is 6. The molecule has 0 bridgehead atoms. The number of allylic oxidation sites excluding steroid dienone is 10. The summed E-state index contributed by atoms with van der Waals surface area (Å²) in [5.74, 6) is 1.42. The molecule has 218 valence electrons. The zero-order valence-corrected chi connectivity index (χ0v) is 25.7. The van der Waals surface area contributed by atoms with Crippen molar-refractivity contribution in [1.82, 2.24) is 4.90 Å². The van der Waals surface area contributed by atoms with E-state index in [1.165, 1.54) is 55.9 Å². The van der Waals surface area contributed by atoms with Crippen molar-refractivity contribution in [2.75, 3.05) is 4.90 Å². The maximum Gasteiger partial charge on any atom is 0.0626 e. The maximum absolute atomic E-state index is 2.64. The van der Waals surface area contributed by atoms with Crippen molar-refractivity contribution in [2.45, 2.75) is 51.5 Å². The van der Waals surface area contributed by atoms with Crippen LogP contribution in [0, 0.1) is 11.8 Å². The molecule has 0 aliphatic heterocycles.